The molecule has 1 aliphatic rings. The largest absolute Gasteiger partial charge is 0.334 e. The Kier molecular flexibility index (Phi) is 7.89. The Balaban J connectivity index is 1.80. The number of amides is 2. The van der Waals surface area contributed by atoms with E-state index in [0.29, 0.717) is 24.1 Å². The standard InChI is InChI=1S/C22H18Cl4FN3O2/c23-9-17(12-5-13(25)7-14(27)6-12)18(10-24)20(31)29-15-1-2-19(26)16(8-15)21(32)30-22(11-28)3-4-22/h1-2,5-8,17-18H,3-4,9-10H2,(H,29,31)(H,30,32). The van der Waals surface area contributed by atoms with Crippen LogP contribution < -0.4 is 10.6 Å². The molecule has 0 bridgehead atoms. The fraction of sp³-hybridized carbons (Fsp3) is 0.318. The van der Waals surface area contributed by atoms with Crippen molar-refractivity contribution in [1.29, 1.82) is 5.26 Å². The van der Waals surface area contributed by atoms with Crippen LogP contribution in [0.25, 0.3) is 0 Å². The molecule has 2 amide bonds. The van der Waals surface area contributed by atoms with Gasteiger partial charge in [0.25, 0.3) is 5.91 Å². The summed E-state index contributed by atoms with van der Waals surface area (Å²) in [6.45, 7) is 0. The van der Waals surface area contributed by atoms with Crippen molar-refractivity contribution in [1.82, 2.24) is 5.32 Å². The van der Waals surface area contributed by atoms with Gasteiger partial charge in [-0.2, -0.15) is 5.26 Å². The van der Waals surface area contributed by atoms with Gasteiger partial charge in [-0.3, -0.25) is 9.59 Å². The van der Waals surface area contributed by atoms with Gasteiger partial charge in [0, 0.05) is 28.4 Å². The van der Waals surface area contributed by atoms with Gasteiger partial charge in [0.15, 0.2) is 0 Å². The molecule has 168 valence electrons. The number of halogens is 5. The highest BCUT2D eigenvalue weighted by atomic mass is 35.5. The molecule has 2 atom stereocenters. The van der Waals surface area contributed by atoms with Gasteiger partial charge in [0.1, 0.15) is 11.4 Å². The fourth-order valence-corrected chi connectivity index (χ4v) is 4.45. The molecule has 0 aromatic heterocycles. The predicted octanol–water partition coefficient (Wildman–Crippen LogP) is 5.73. The van der Waals surface area contributed by atoms with Gasteiger partial charge in [0.2, 0.25) is 5.91 Å². The van der Waals surface area contributed by atoms with E-state index in [9.17, 15) is 19.2 Å². The van der Waals surface area contributed by atoms with E-state index in [4.69, 9.17) is 46.4 Å². The maximum atomic E-state index is 13.8. The zero-order chi connectivity index (χ0) is 23.5. The molecule has 3 rings (SSSR count). The monoisotopic (exact) mass is 515 g/mol. The Morgan fingerprint density at radius 3 is 2.41 bits per heavy atom. The quantitative estimate of drug-likeness (QED) is 0.439. The van der Waals surface area contributed by atoms with E-state index in [1.807, 2.05) is 0 Å². The van der Waals surface area contributed by atoms with E-state index in [-0.39, 0.29) is 27.4 Å². The van der Waals surface area contributed by atoms with Gasteiger partial charge in [-0.05, 0) is 54.8 Å². The number of alkyl halides is 2. The van der Waals surface area contributed by atoms with Gasteiger partial charge >= 0.3 is 0 Å². The highest BCUT2D eigenvalue weighted by Gasteiger charge is 2.45. The van der Waals surface area contributed by atoms with Gasteiger partial charge in [-0.1, -0.05) is 23.2 Å². The molecule has 2 unspecified atom stereocenters. The molecular weight excluding hydrogens is 499 g/mol. The molecule has 2 N–H and O–H groups in total. The summed E-state index contributed by atoms with van der Waals surface area (Å²) < 4.78 is 13.8. The van der Waals surface area contributed by atoms with E-state index in [1.165, 1.54) is 30.3 Å². The summed E-state index contributed by atoms with van der Waals surface area (Å²) in [5.41, 5.74) is 0.0305. The first-order valence-corrected chi connectivity index (χ1v) is 11.5. The molecule has 0 aliphatic heterocycles. The highest BCUT2D eigenvalue weighted by Crippen LogP contribution is 2.35. The van der Waals surface area contributed by atoms with Crippen molar-refractivity contribution >= 4 is 63.9 Å². The predicted molar refractivity (Wildman–Crippen MR) is 124 cm³/mol. The van der Waals surface area contributed by atoms with Crippen LogP contribution in [0.1, 0.15) is 34.7 Å². The van der Waals surface area contributed by atoms with E-state index < -0.39 is 35.0 Å². The minimum Gasteiger partial charge on any atom is -0.334 e. The lowest BCUT2D eigenvalue weighted by molar-refractivity contribution is -0.119. The number of rotatable bonds is 8. The van der Waals surface area contributed by atoms with Gasteiger partial charge in [0.05, 0.1) is 22.6 Å². The van der Waals surface area contributed by atoms with Crippen molar-refractivity contribution in [3.63, 3.8) is 0 Å². The summed E-state index contributed by atoms with van der Waals surface area (Å²) in [5.74, 6) is -2.98. The van der Waals surface area contributed by atoms with E-state index in [2.05, 4.69) is 16.7 Å². The number of hydrogen-bond donors (Lipinski definition) is 2. The third-order valence-corrected chi connectivity index (χ3v) is 6.48. The average molecular weight is 517 g/mol. The van der Waals surface area contributed by atoms with E-state index in [1.54, 1.807) is 0 Å². The molecule has 0 saturated heterocycles. The van der Waals surface area contributed by atoms with Crippen LogP contribution in [-0.2, 0) is 4.79 Å². The summed E-state index contributed by atoms with van der Waals surface area (Å²) in [6, 6.07) is 10.5. The summed E-state index contributed by atoms with van der Waals surface area (Å²) in [4.78, 5) is 25.5. The maximum absolute atomic E-state index is 13.8. The summed E-state index contributed by atoms with van der Waals surface area (Å²) in [5, 5.41) is 14.9. The number of carbonyl (C=O) groups excluding carboxylic acids is 2. The summed E-state index contributed by atoms with van der Waals surface area (Å²) in [6.07, 6.45) is 1.15. The van der Waals surface area contributed by atoms with Crippen molar-refractivity contribution in [2.24, 2.45) is 5.92 Å². The minimum atomic E-state index is -0.858. The number of hydrogen-bond acceptors (Lipinski definition) is 3. The molecule has 2 aromatic carbocycles. The minimum absolute atomic E-state index is 0.00903. The van der Waals surface area contributed by atoms with Crippen LogP contribution >= 0.6 is 46.4 Å². The molecule has 0 spiro atoms. The molecule has 1 fully saturated rings. The Morgan fingerprint density at radius 2 is 1.84 bits per heavy atom. The lowest BCUT2D eigenvalue weighted by Crippen LogP contribution is -2.35. The average Bonchev–Trinajstić information content (AvgIpc) is 3.52. The highest BCUT2D eigenvalue weighted by molar-refractivity contribution is 6.34. The van der Waals surface area contributed by atoms with Crippen molar-refractivity contribution in [3.8, 4) is 6.07 Å². The summed E-state index contributed by atoms with van der Waals surface area (Å²) in [7, 11) is 0. The first-order chi connectivity index (χ1) is 15.2. The molecule has 1 saturated carbocycles. The Morgan fingerprint density at radius 1 is 1.12 bits per heavy atom. The Labute approximate surface area is 204 Å². The smallest absolute Gasteiger partial charge is 0.254 e. The molecule has 2 aromatic rings. The molecule has 5 nitrogen and oxygen atoms in total. The number of nitrogens with one attached hydrogen (secondary N) is 2. The first kappa shape index (κ1) is 24.6. The van der Waals surface area contributed by atoms with Gasteiger partial charge in [-0.15, -0.1) is 23.2 Å². The van der Waals surface area contributed by atoms with Crippen molar-refractivity contribution in [2.45, 2.75) is 24.3 Å². The van der Waals surface area contributed by atoms with Crippen LogP contribution in [-0.4, -0.2) is 29.1 Å². The number of benzene rings is 2. The fourth-order valence-electron chi connectivity index (χ4n) is 3.26. The molecule has 1 aliphatic carbocycles. The zero-order valence-corrected chi connectivity index (χ0v) is 19.6. The number of nitriles is 1. The normalized spacial score (nSPS) is 15.9. The molecule has 0 heterocycles. The van der Waals surface area contributed by atoms with Crippen molar-refractivity contribution < 1.29 is 14.0 Å². The second-order valence-electron chi connectivity index (χ2n) is 7.56. The van der Waals surface area contributed by atoms with Crippen LogP contribution in [0.4, 0.5) is 10.1 Å². The van der Waals surface area contributed by atoms with Gasteiger partial charge < -0.3 is 10.6 Å². The Bertz CT molecular complexity index is 1070. The number of nitrogens with zero attached hydrogens (tertiary/aromatic N) is 1. The lowest BCUT2D eigenvalue weighted by Gasteiger charge is -2.24. The molecular formula is C22H18Cl4FN3O2. The molecule has 0 radical (unpaired) electrons. The third kappa shape index (κ3) is 5.65. The Hall–Kier alpha value is -2.04. The topological polar surface area (TPSA) is 82.0 Å². The van der Waals surface area contributed by atoms with Crippen molar-refractivity contribution in [3.05, 3.63) is 63.4 Å². The summed E-state index contributed by atoms with van der Waals surface area (Å²) >= 11 is 24.3. The second-order valence-corrected chi connectivity index (χ2v) is 9.02. The van der Waals surface area contributed by atoms with Crippen LogP contribution in [0.15, 0.2) is 36.4 Å². The van der Waals surface area contributed by atoms with Crippen LogP contribution in [0.2, 0.25) is 10.0 Å². The van der Waals surface area contributed by atoms with E-state index in [0.717, 1.165) is 6.07 Å². The third-order valence-electron chi connectivity index (χ3n) is 5.26. The maximum Gasteiger partial charge on any atom is 0.254 e. The molecule has 32 heavy (non-hydrogen) atoms. The molecule has 10 heteroatoms. The van der Waals surface area contributed by atoms with E-state index >= 15 is 0 Å². The van der Waals surface area contributed by atoms with Crippen LogP contribution in [0.3, 0.4) is 0 Å². The second kappa shape index (κ2) is 10.3. The zero-order valence-electron chi connectivity index (χ0n) is 16.6. The SMILES string of the molecule is N#CC1(NC(=O)c2cc(NC(=O)C(CCl)C(CCl)c3cc(F)cc(Cl)c3)ccc2Cl)CC1. The van der Waals surface area contributed by atoms with Crippen LogP contribution in [0, 0.1) is 23.1 Å². The van der Waals surface area contributed by atoms with Crippen LogP contribution in [0.5, 0.6) is 0 Å². The lowest BCUT2D eigenvalue weighted by atomic mass is 9.87. The number of carbonyl (C=O) groups is 2. The number of anilines is 1. The first-order valence-electron chi connectivity index (χ1n) is 9.64. The van der Waals surface area contributed by atoms with Gasteiger partial charge in [-0.25, -0.2) is 4.39 Å². The van der Waals surface area contributed by atoms with Crippen molar-refractivity contribution in [2.75, 3.05) is 17.1 Å².